The maximum absolute atomic E-state index is 13.0. The third kappa shape index (κ3) is 4.03. The standard InChI is InChI=1S/C18H22N4O3S/c1-19(2)17-6-5-14(22(24)25)12-16(17)18(23)21-9-7-20(8-10-21)13-15-4-3-11-26-15/h3-6,11-12H,7-10,13H2,1-2H3. The Labute approximate surface area is 156 Å². The van der Waals surface area contributed by atoms with E-state index in [1.807, 2.05) is 25.1 Å². The third-order valence-corrected chi connectivity index (χ3v) is 5.38. The summed E-state index contributed by atoms with van der Waals surface area (Å²) < 4.78 is 0. The van der Waals surface area contributed by atoms with Gasteiger partial charge in [-0.3, -0.25) is 19.8 Å². The quantitative estimate of drug-likeness (QED) is 0.594. The van der Waals surface area contributed by atoms with E-state index < -0.39 is 4.92 Å². The number of benzene rings is 1. The maximum Gasteiger partial charge on any atom is 0.270 e. The number of amides is 1. The van der Waals surface area contributed by atoms with E-state index >= 15 is 0 Å². The molecule has 1 aromatic heterocycles. The van der Waals surface area contributed by atoms with Crippen molar-refractivity contribution in [1.82, 2.24) is 9.80 Å². The Bertz CT molecular complexity index is 784. The number of nitro groups is 1. The van der Waals surface area contributed by atoms with Crippen LogP contribution in [0, 0.1) is 10.1 Å². The van der Waals surface area contributed by atoms with Crippen LogP contribution in [-0.4, -0.2) is 60.9 Å². The summed E-state index contributed by atoms with van der Waals surface area (Å²) in [4.78, 5) is 30.9. The minimum atomic E-state index is -0.463. The van der Waals surface area contributed by atoms with Gasteiger partial charge in [0.2, 0.25) is 0 Å². The van der Waals surface area contributed by atoms with Gasteiger partial charge in [0.15, 0.2) is 0 Å². The summed E-state index contributed by atoms with van der Waals surface area (Å²) in [5, 5.41) is 13.2. The molecule has 26 heavy (non-hydrogen) atoms. The normalized spacial score (nSPS) is 15.1. The lowest BCUT2D eigenvalue weighted by Crippen LogP contribution is -2.48. The van der Waals surface area contributed by atoms with Crippen LogP contribution in [0.5, 0.6) is 0 Å². The van der Waals surface area contributed by atoms with Gasteiger partial charge in [0.1, 0.15) is 0 Å². The van der Waals surface area contributed by atoms with Crippen molar-refractivity contribution in [2.24, 2.45) is 0 Å². The van der Waals surface area contributed by atoms with Gasteiger partial charge in [-0.25, -0.2) is 0 Å². The van der Waals surface area contributed by atoms with Crippen molar-refractivity contribution in [3.8, 4) is 0 Å². The monoisotopic (exact) mass is 374 g/mol. The van der Waals surface area contributed by atoms with Crippen molar-refractivity contribution in [1.29, 1.82) is 0 Å². The largest absolute Gasteiger partial charge is 0.377 e. The molecule has 3 rings (SSSR count). The fourth-order valence-corrected chi connectivity index (χ4v) is 3.85. The van der Waals surface area contributed by atoms with Gasteiger partial charge in [0, 0.05) is 69.5 Å². The first-order valence-electron chi connectivity index (χ1n) is 8.45. The first kappa shape index (κ1) is 18.3. The van der Waals surface area contributed by atoms with E-state index in [1.54, 1.807) is 22.3 Å². The third-order valence-electron chi connectivity index (χ3n) is 4.52. The highest BCUT2D eigenvalue weighted by Crippen LogP contribution is 2.26. The molecule has 0 N–H and O–H groups in total. The first-order valence-corrected chi connectivity index (χ1v) is 9.33. The number of anilines is 1. The van der Waals surface area contributed by atoms with Crippen LogP contribution in [0.15, 0.2) is 35.7 Å². The molecular weight excluding hydrogens is 352 g/mol. The molecule has 1 saturated heterocycles. The summed E-state index contributed by atoms with van der Waals surface area (Å²) in [5.41, 5.74) is 1.02. The van der Waals surface area contributed by atoms with Crippen molar-refractivity contribution in [2.75, 3.05) is 45.2 Å². The molecule has 0 saturated carbocycles. The van der Waals surface area contributed by atoms with E-state index in [1.165, 1.54) is 17.0 Å². The Morgan fingerprint density at radius 1 is 1.23 bits per heavy atom. The van der Waals surface area contributed by atoms with Crippen LogP contribution in [0.25, 0.3) is 0 Å². The van der Waals surface area contributed by atoms with Crippen molar-refractivity contribution < 1.29 is 9.72 Å². The summed E-state index contributed by atoms with van der Waals surface area (Å²) in [5.74, 6) is -0.145. The fourth-order valence-electron chi connectivity index (χ4n) is 3.10. The smallest absolute Gasteiger partial charge is 0.270 e. The van der Waals surface area contributed by atoms with Crippen LogP contribution in [0.1, 0.15) is 15.2 Å². The Morgan fingerprint density at radius 3 is 2.54 bits per heavy atom. The Hall–Kier alpha value is -2.45. The van der Waals surface area contributed by atoms with Crippen molar-refractivity contribution in [3.05, 3.63) is 56.3 Å². The van der Waals surface area contributed by atoms with Gasteiger partial charge in [-0.2, -0.15) is 0 Å². The highest BCUT2D eigenvalue weighted by atomic mass is 32.1. The van der Waals surface area contributed by atoms with E-state index in [4.69, 9.17) is 0 Å². The zero-order chi connectivity index (χ0) is 18.7. The molecule has 1 aliphatic rings. The van der Waals surface area contributed by atoms with Crippen LogP contribution >= 0.6 is 11.3 Å². The number of carbonyl (C=O) groups is 1. The van der Waals surface area contributed by atoms with Gasteiger partial charge in [0.25, 0.3) is 11.6 Å². The molecule has 0 bridgehead atoms. The van der Waals surface area contributed by atoms with Gasteiger partial charge >= 0.3 is 0 Å². The first-order chi connectivity index (χ1) is 12.5. The number of hydrogen-bond acceptors (Lipinski definition) is 6. The second kappa shape index (κ2) is 7.84. The molecule has 0 spiro atoms. The number of carbonyl (C=O) groups excluding carboxylic acids is 1. The second-order valence-corrected chi connectivity index (χ2v) is 7.53. The molecule has 1 aromatic carbocycles. The SMILES string of the molecule is CN(C)c1ccc([N+](=O)[O-])cc1C(=O)N1CCN(Cc2cccs2)CC1. The molecule has 1 amide bonds. The number of non-ortho nitro benzene ring substituents is 1. The average molecular weight is 374 g/mol. The summed E-state index contributed by atoms with van der Waals surface area (Å²) in [6.07, 6.45) is 0. The molecule has 0 unspecified atom stereocenters. The predicted molar refractivity (Wildman–Crippen MR) is 103 cm³/mol. The van der Waals surface area contributed by atoms with E-state index in [0.717, 1.165) is 19.6 Å². The second-order valence-electron chi connectivity index (χ2n) is 6.50. The Balaban J connectivity index is 1.71. The lowest BCUT2D eigenvalue weighted by Gasteiger charge is -2.35. The highest BCUT2D eigenvalue weighted by molar-refractivity contribution is 7.09. The predicted octanol–water partition coefficient (Wildman–Crippen LogP) is 2.68. The molecule has 0 aliphatic carbocycles. The van der Waals surface area contributed by atoms with Gasteiger partial charge in [-0.15, -0.1) is 11.3 Å². The minimum absolute atomic E-state index is 0.0599. The number of rotatable bonds is 5. The molecule has 138 valence electrons. The summed E-state index contributed by atoms with van der Waals surface area (Å²) in [6, 6.07) is 8.62. The van der Waals surface area contributed by atoms with Crippen molar-refractivity contribution >= 4 is 28.6 Å². The van der Waals surface area contributed by atoms with E-state index in [0.29, 0.717) is 24.3 Å². The highest BCUT2D eigenvalue weighted by Gasteiger charge is 2.26. The lowest BCUT2D eigenvalue weighted by atomic mass is 10.1. The Morgan fingerprint density at radius 2 is 1.96 bits per heavy atom. The minimum Gasteiger partial charge on any atom is -0.377 e. The van der Waals surface area contributed by atoms with Crippen molar-refractivity contribution in [3.63, 3.8) is 0 Å². The number of nitro benzene ring substituents is 1. The zero-order valence-electron chi connectivity index (χ0n) is 14.9. The zero-order valence-corrected chi connectivity index (χ0v) is 15.7. The Kier molecular flexibility index (Phi) is 5.53. The summed E-state index contributed by atoms with van der Waals surface area (Å²) in [6.45, 7) is 3.75. The van der Waals surface area contributed by atoms with Crippen LogP contribution in [0.3, 0.4) is 0 Å². The fraction of sp³-hybridized carbons (Fsp3) is 0.389. The van der Waals surface area contributed by atoms with Gasteiger partial charge in [-0.05, 0) is 17.5 Å². The van der Waals surface area contributed by atoms with Gasteiger partial charge in [-0.1, -0.05) is 6.07 Å². The molecular formula is C18H22N4O3S. The number of nitrogens with zero attached hydrogens (tertiary/aromatic N) is 4. The number of thiophene rings is 1. The molecule has 1 aliphatic heterocycles. The molecule has 1 fully saturated rings. The summed E-state index contributed by atoms with van der Waals surface area (Å²) >= 11 is 1.74. The molecule has 8 heteroatoms. The maximum atomic E-state index is 13.0. The van der Waals surface area contributed by atoms with Gasteiger partial charge in [0.05, 0.1) is 10.5 Å². The van der Waals surface area contributed by atoms with Crippen LogP contribution in [-0.2, 0) is 6.54 Å². The topological polar surface area (TPSA) is 69.9 Å². The van der Waals surface area contributed by atoms with Crippen LogP contribution in [0.2, 0.25) is 0 Å². The molecule has 0 radical (unpaired) electrons. The number of hydrogen-bond donors (Lipinski definition) is 0. The number of piperazine rings is 1. The van der Waals surface area contributed by atoms with Crippen LogP contribution < -0.4 is 4.90 Å². The summed E-state index contributed by atoms with van der Waals surface area (Å²) in [7, 11) is 3.66. The van der Waals surface area contributed by atoms with Crippen molar-refractivity contribution in [2.45, 2.75) is 6.54 Å². The molecule has 0 atom stereocenters. The van der Waals surface area contributed by atoms with Crippen LogP contribution in [0.4, 0.5) is 11.4 Å². The molecule has 2 heterocycles. The van der Waals surface area contributed by atoms with E-state index in [9.17, 15) is 14.9 Å². The lowest BCUT2D eigenvalue weighted by molar-refractivity contribution is -0.384. The van der Waals surface area contributed by atoms with E-state index in [2.05, 4.69) is 16.3 Å². The van der Waals surface area contributed by atoms with Gasteiger partial charge < -0.3 is 9.80 Å². The molecule has 2 aromatic rings. The van der Waals surface area contributed by atoms with E-state index in [-0.39, 0.29) is 11.6 Å². The molecule has 7 nitrogen and oxygen atoms in total. The average Bonchev–Trinajstić information content (AvgIpc) is 3.14.